The minimum atomic E-state index is -0.146. The summed E-state index contributed by atoms with van der Waals surface area (Å²) in [7, 11) is 2.26. The Labute approximate surface area is 57.3 Å². The van der Waals surface area contributed by atoms with Crippen LogP contribution in [-0.2, 0) is 0 Å². The van der Waals surface area contributed by atoms with Crippen LogP contribution in [0.25, 0.3) is 0 Å². The summed E-state index contributed by atoms with van der Waals surface area (Å²) >= 11 is -0.292. The summed E-state index contributed by atoms with van der Waals surface area (Å²) < 4.78 is 0. The Bertz CT molecular complexity index is 39.0. The van der Waals surface area contributed by atoms with E-state index >= 15 is 0 Å². The summed E-state index contributed by atoms with van der Waals surface area (Å²) in [5.41, 5.74) is 0. The van der Waals surface area contributed by atoms with Gasteiger partial charge in [-0.1, -0.05) is 0 Å². The van der Waals surface area contributed by atoms with Crippen molar-refractivity contribution in [2.24, 2.45) is 0 Å². The van der Waals surface area contributed by atoms with Gasteiger partial charge in [0.1, 0.15) is 0 Å². The van der Waals surface area contributed by atoms with E-state index in [0.717, 1.165) is 0 Å². The van der Waals surface area contributed by atoms with E-state index in [9.17, 15) is 0 Å². The number of hydrogen-bond donors (Lipinski definition) is 0. The molecule has 0 saturated heterocycles. The molecule has 0 saturated carbocycles. The van der Waals surface area contributed by atoms with E-state index in [-0.39, 0.29) is 25.6 Å². The molecule has 0 aromatic carbocycles. The molecule has 0 aromatic heterocycles. The molecule has 7 heavy (non-hydrogen) atoms. The van der Waals surface area contributed by atoms with Gasteiger partial charge in [0.05, 0.1) is 0 Å². The Balaban J connectivity index is 2.95. The van der Waals surface area contributed by atoms with Gasteiger partial charge < -0.3 is 0 Å². The summed E-state index contributed by atoms with van der Waals surface area (Å²) in [6, 6.07) is 0. The van der Waals surface area contributed by atoms with Crippen molar-refractivity contribution in [2.75, 3.05) is 0 Å². The van der Waals surface area contributed by atoms with Crippen molar-refractivity contribution in [2.45, 2.75) is 23.3 Å². The van der Waals surface area contributed by atoms with Gasteiger partial charge in [-0.15, -0.1) is 0 Å². The molecule has 0 unspecified atom stereocenters. The Hall–Kier alpha value is 1.39. The normalized spacial score (nSPS) is 11.1. The van der Waals surface area contributed by atoms with Gasteiger partial charge in [0.25, 0.3) is 0 Å². The average molecular weight is 250 g/mol. The molecule has 0 amide bonds. The predicted octanol–water partition coefficient (Wildman–Crippen LogP) is 2.22. The third-order valence-corrected chi connectivity index (χ3v) is 22.0. The van der Waals surface area contributed by atoms with E-state index in [4.69, 9.17) is 0 Å². The first-order valence-corrected chi connectivity index (χ1v) is 13.7. The SMILES string of the molecule is C[Se](C)S[Se](C)C. The Kier molecular flexibility index (Phi) is 5.14. The molecule has 0 fully saturated rings. The second-order valence-electron chi connectivity index (χ2n) is 1.55. The Morgan fingerprint density at radius 3 is 1.14 bits per heavy atom. The van der Waals surface area contributed by atoms with E-state index in [1.54, 1.807) is 0 Å². The van der Waals surface area contributed by atoms with Gasteiger partial charge in [-0.05, 0) is 0 Å². The number of rotatable bonds is 2. The molecule has 3 heteroatoms. The molecule has 0 atom stereocenters. The summed E-state index contributed by atoms with van der Waals surface area (Å²) in [5, 5.41) is 0. The molecule has 0 spiro atoms. The predicted molar refractivity (Wildman–Crippen MR) is 42.6 cm³/mol. The molecular weight excluding hydrogens is 238 g/mol. The summed E-state index contributed by atoms with van der Waals surface area (Å²) in [4.78, 5) is 0. The first kappa shape index (κ1) is 8.39. The van der Waals surface area contributed by atoms with Crippen molar-refractivity contribution in [1.82, 2.24) is 0 Å². The van der Waals surface area contributed by atoms with E-state index in [1.807, 2.05) is 0 Å². The van der Waals surface area contributed by atoms with Crippen LogP contribution in [0.15, 0.2) is 0 Å². The zero-order valence-corrected chi connectivity index (χ0v) is 9.47. The van der Waals surface area contributed by atoms with Gasteiger partial charge >= 0.3 is 57.4 Å². The van der Waals surface area contributed by atoms with Crippen LogP contribution in [0, 0.1) is 0 Å². The Morgan fingerprint density at radius 1 is 0.857 bits per heavy atom. The van der Waals surface area contributed by atoms with Crippen molar-refractivity contribution >= 4 is 34.2 Å². The van der Waals surface area contributed by atoms with Gasteiger partial charge in [0.15, 0.2) is 0 Å². The van der Waals surface area contributed by atoms with Crippen LogP contribution < -0.4 is 0 Å². The fourth-order valence-corrected chi connectivity index (χ4v) is 22.0. The van der Waals surface area contributed by atoms with Crippen LogP contribution in [-0.4, -0.2) is 25.6 Å². The topological polar surface area (TPSA) is 0 Å². The van der Waals surface area contributed by atoms with Crippen LogP contribution in [0.2, 0.25) is 23.3 Å². The average Bonchev–Trinajstić information content (AvgIpc) is 1.27. The third kappa shape index (κ3) is 7.39. The molecule has 0 aliphatic heterocycles. The molecule has 0 rings (SSSR count). The first-order chi connectivity index (χ1) is 3.13. The molecule has 0 N–H and O–H groups in total. The second kappa shape index (κ2) is 4.29. The molecule has 0 bridgehead atoms. The van der Waals surface area contributed by atoms with Gasteiger partial charge in [-0.2, -0.15) is 0 Å². The zero-order valence-electron chi connectivity index (χ0n) is 5.22. The summed E-state index contributed by atoms with van der Waals surface area (Å²) in [6.07, 6.45) is 0. The van der Waals surface area contributed by atoms with Crippen molar-refractivity contribution in [1.29, 1.82) is 0 Å². The quantitative estimate of drug-likeness (QED) is 0.677. The van der Waals surface area contributed by atoms with E-state index in [0.29, 0.717) is 0 Å². The minimum absolute atomic E-state index is 0.146. The van der Waals surface area contributed by atoms with E-state index < -0.39 is 0 Å². The van der Waals surface area contributed by atoms with Crippen LogP contribution >= 0.6 is 8.60 Å². The monoisotopic (exact) mass is 252 g/mol. The fraction of sp³-hybridized carbons (Fsp3) is 1.00. The molecule has 0 heterocycles. The molecular formula is C4H12SSe2. The van der Waals surface area contributed by atoms with Crippen molar-refractivity contribution in [3.8, 4) is 0 Å². The van der Waals surface area contributed by atoms with E-state index in [2.05, 4.69) is 31.9 Å². The van der Waals surface area contributed by atoms with Gasteiger partial charge in [0.2, 0.25) is 0 Å². The van der Waals surface area contributed by atoms with E-state index in [1.165, 1.54) is 0 Å². The van der Waals surface area contributed by atoms with Crippen molar-refractivity contribution < 1.29 is 0 Å². The molecule has 46 valence electrons. The maximum absolute atomic E-state index is 2.38. The molecule has 0 aromatic rings. The van der Waals surface area contributed by atoms with Crippen molar-refractivity contribution in [3.05, 3.63) is 0 Å². The fourth-order valence-electron chi connectivity index (χ4n) is 0.272. The Morgan fingerprint density at radius 2 is 1.14 bits per heavy atom. The van der Waals surface area contributed by atoms with Gasteiger partial charge in [0, 0.05) is 0 Å². The summed E-state index contributed by atoms with van der Waals surface area (Å²) in [5.74, 6) is 9.53. The van der Waals surface area contributed by atoms with Crippen LogP contribution in [0.5, 0.6) is 0 Å². The van der Waals surface area contributed by atoms with Gasteiger partial charge in [-0.3, -0.25) is 0 Å². The van der Waals surface area contributed by atoms with Gasteiger partial charge in [-0.25, -0.2) is 0 Å². The molecule has 0 nitrogen and oxygen atoms in total. The molecule has 2 radical (unpaired) electrons. The maximum atomic E-state index is 2.38. The number of hydrogen-bond acceptors (Lipinski definition) is 1. The van der Waals surface area contributed by atoms with Crippen LogP contribution in [0.4, 0.5) is 0 Å². The summed E-state index contributed by atoms with van der Waals surface area (Å²) in [6.45, 7) is 0. The van der Waals surface area contributed by atoms with Crippen molar-refractivity contribution in [3.63, 3.8) is 0 Å². The molecule has 0 aliphatic carbocycles. The first-order valence-electron chi connectivity index (χ1n) is 1.97. The standard InChI is InChI=1S/C4H12SSe2/c1-6(2)5-7(3)4/h1-4H3. The zero-order chi connectivity index (χ0) is 5.86. The third-order valence-electron chi connectivity index (χ3n) is 0.272. The molecule has 0 aliphatic rings. The van der Waals surface area contributed by atoms with Crippen LogP contribution in [0.1, 0.15) is 0 Å². The van der Waals surface area contributed by atoms with Crippen LogP contribution in [0.3, 0.4) is 0 Å². The second-order valence-corrected chi connectivity index (χ2v) is 20.1.